The molecule has 2 aromatic rings. The van der Waals surface area contributed by atoms with Gasteiger partial charge in [-0.25, -0.2) is 0 Å². The van der Waals surface area contributed by atoms with Gasteiger partial charge in [-0.2, -0.15) is 11.3 Å². The molecule has 2 rings (SSSR count). The summed E-state index contributed by atoms with van der Waals surface area (Å²) in [6.07, 6.45) is 1.07. The lowest BCUT2D eigenvalue weighted by atomic mass is 10.1. The van der Waals surface area contributed by atoms with Crippen LogP contribution in [0.25, 0.3) is 0 Å². The van der Waals surface area contributed by atoms with Crippen molar-refractivity contribution < 1.29 is 0 Å². The quantitative estimate of drug-likeness (QED) is 0.847. The monoisotopic (exact) mass is 223 g/mol. The van der Waals surface area contributed by atoms with E-state index in [1.807, 2.05) is 0 Å². The Morgan fingerprint density at radius 2 is 2.21 bits per heavy atom. The predicted octanol–water partition coefficient (Wildman–Crippen LogP) is 3.42. The van der Waals surface area contributed by atoms with E-state index in [9.17, 15) is 0 Å². The molecule has 0 spiro atoms. The molecule has 0 aliphatic heterocycles. The molecule has 2 heterocycles. The molecule has 0 bridgehead atoms. The molecule has 0 aliphatic rings. The summed E-state index contributed by atoms with van der Waals surface area (Å²) in [6, 6.07) is 4.34. The number of aryl methyl sites for hydroxylation is 1. The maximum atomic E-state index is 6.20. The lowest BCUT2D eigenvalue weighted by molar-refractivity contribution is 0.879. The fourth-order valence-corrected chi connectivity index (χ4v) is 3.24. The van der Waals surface area contributed by atoms with Gasteiger partial charge in [0.2, 0.25) is 0 Å². The molecular formula is C11H13NS2. The first kappa shape index (κ1) is 9.90. The van der Waals surface area contributed by atoms with Crippen LogP contribution in [0.5, 0.6) is 0 Å². The molecule has 2 N–H and O–H groups in total. The molecule has 0 fully saturated rings. The van der Waals surface area contributed by atoms with E-state index in [2.05, 4.69) is 35.2 Å². The average molecular weight is 223 g/mol. The number of hydrogen-bond acceptors (Lipinski definition) is 3. The van der Waals surface area contributed by atoms with Gasteiger partial charge in [-0.05, 0) is 45.8 Å². The Kier molecular flexibility index (Phi) is 3.01. The van der Waals surface area contributed by atoms with Gasteiger partial charge in [0.15, 0.2) is 0 Å². The maximum Gasteiger partial charge on any atom is 0.0656 e. The summed E-state index contributed by atoms with van der Waals surface area (Å²) in [5.41, 5.74) is 8.81. The molecule has 0 saturated carbocycles. The van der Waals surface area contributed by atoms with E-state index in [1.165, 1.54) is 16.0 Å². The zero-order valence-electron chi connectivity index (χ0n) is 8.07. The molecule has 14 heavy (non-hydrogen) atoms. The normalized spacial score (nSPS) is 13.0. The van der Waals surface area contributed by atoms with Crippen molar-refractivity contribution in [2.75, 3.05) is 0 Å². The largest absolute Gasteiger partial charge is 0.320 e. The van der Waals surface area contributed by atoms with Crippen LogP contribution in [0.15, 0.2) is 28.3 Å². The molecule has 74 valence electrons. The highest BCUT2D eigenvalue weighted by Crippen LogP contribution is 2.29. The molecular weight excluding hydrogens is 210 g/mol. The number of hydrogen-bond donors (Lipinski definition) is 1. The highest BCUT2D eigenvalue weighted by atomic mass is 32.1. The second-order valence-electron chi connectivity index (χ2n) is 3.20. The minimum Gasteiger partial charge on any atom is -0.320 e. The summed E-state index contributed by atoms with van der Waals surface area (Å²) in [6.45, 7) is 2.17. The van der Waals surface area contributed by atoms with Gasteiger partial charge in [0.05, 0.1) is 6.04 Å². The second kappa shape index (κ2) is 4.26. The van der Waals surface area contributed by atoms with Gasteiger partial charge in [-0.15, -0.1) is 11.3 Å². The lowest BCUT2D eigenvalue weighted by Gasteiger charge is -2.09. The van der Waals surface area contributed by atoms with Crippen molar-refractivity contribution in [3.8, 4) is 0 Å². The van der Waals surface area contributed by atoms with E-state index >= 15 is 0 Å². The third-order valence-corrected chi connectivity index (χ3v) is 4.09. The summed E-state index contributed by atoms with van der Waals surface area (Å²) >= 11 is 3.46. The molecule has 0 amide bonds. The molecule has 0 radical (unpaired) electrons. The van der Waals surface area contributed by atoms with Crippen LogP contribution in [0.3, 0.4) is 0 Å². The van der Waals surface area contributed by atoms with Crippen molar-refractivity contribution in [2.45, 2.75) is 19.4 Å². The third kappa shape index (κ3) is 1.75. The van der Waals surface area contributed by atoms with E-state index in [0.717, 1.165) is 6.42 Å². The van der Waals surface area contributed by atoms with Crippen LogP contribution >= 0.6 is 22.7 Å². The molecule has 0 saturated heterocycles. The highest BCUT2D eigenvalue weighted by molar-refractivity contribution is 7.10. The van der Waals surface area contributed by atoms with Gasteiger partial charge in [0.1, 0.15) is 0 Å². The Bertz CT molecular complexity index is 389. The van der Waals surface area contributed by atoms with Crippen LogP contribution < -0.4 is 5.73 Å². The molecule has 1 atom stereocenters. The molecule has 1 unspecified atom stereocenters. The summed E-state index contributed by atoms with van der Waals surface area (Å²) in [7, 11) is 0. The summed E-state index contributed by atoms with van der Waals surface area (Å²) in [4.78, 5) is 1.31. The minimum absolute atomic E-state index is 0.0659. The topological polar surface area (TPSA) is 26.0 Å². The Morgan fingerprint density at radius 3 is 2.86 bits per heavy atom. The van der Waals surface area contributed by atoms with Crippen molar-refractivity contribution >= 4 is 22.7 Å². The minimum atomic E-state index is 0.0659. The molecule has 2 aromatic heterocycles. The zero-order chi connectivity index (χ0) is 9.97. The molecule has 3 heteroatoms. The van der Waals surface area contributed by atoms with Gasteiger partial charge in [0.25, 0.3) is 0 Å². The van der Waals surface area contributed by atoms with Gasteiger partial charge < -0.3 is 5.73 Å². The van der Waals surface area contributed by atoms with E-state index in [-0.39, 0.29) is 6.04 Å². The van der Waals surface area contributed by atoms with E-state index in [4.69, 9.17) is 5.73 Å². The molecule has 1 nitrogen and oxygen atoms in total. The average Bonchev–Trinajstić information content (AvgIpc) is 2.87. The Hall–Kier alpha value is -0.640. The van der Waals surface area contributed by atoms with Crippen LogP contribution in [-0.2, 0) is 6.42 Å². The number of nitrogens with two attached hydrogens (primary N) is 1. The van der Waals surface area contributed by atoms with E-state index in [1.54, 1.807) is 22.7 Å². The van der Waals surface area contributed by atoms with E-state index in [0.29, 0.717) is 0 Å². The van der Waals surface area contributed by atoms with Crippen molar-refractivity contribution in [3.63, 3.8) is 0 Å². The van der Waals surface area contributed by atoms with Crippen LogP contribution in [0.1, 0.15) is 29.0 Å². The van der Waals surface area contributed by atoms with Gasteiger partial charge in [-0.1, -0.05) is 6.92 Å². The standard InChI is InChI=1S/C11H13NS2/c1-2-8-4-6-14-11(8)10(12)9-3-5-13-7-9/h3-7,10H,2,12H2,1H3. The molecule has 0 aliphatic carbocycles. The SMILES string of the molecule is CCc1ccsc1C(N)c1ccsc1. The van der Waals surface area contributed by atoms with Crippen molar-refractivity contribution in [3.05, 3.63) is 44.3 Å². The predicted molar refractivity (Wildman–Crippen MR) is 64.0 cm³/mol. The smallest absolute Gasteiger partial charge is 0.0656 e. The Morgan fingerprint density at radius 1 is 1.36 bits per heavy atom. The summed E-state index contributed by atoms with van der Waals surface area (Å²) in [5, 5.41) is 6.33. The maximum absolute atomic E-state index is 6.20. The van der Waals surface area contributed by atoms with Gasteiger partial charge >= 0.3 is 0 Å². The van der Waals surface area contributed by atoms with E-state index < -0.39 is 0 Å². The number of rotatable bonds is 3. The lowest BCUT2D eigenvalue weighted by Crippen LogP contribution is -2.10. The Balaban J connectivity index is 2.31. The summed E-state index contributed by atoms with van der Waals surface area (Å²) < 4.78 is 0. The van der Waals surface area contributed by atoms with Crippen molar-refractivity contribution in [2.24, 2.45) is 5.73 Å². The molecule has 0 aromatic carbocycles. The zero-order valence-corrected chi connectivity index (χ0v) is 9.70. The van der Waals surface area contributed by atoms with Crippen molar-refractivity contribution in [1.29, 1.82) is 0 Å². The van der Waals surface area contributed by atoms with Gasteiger partial charge in [0, 0.05) is 4.88 Å². The van der Waals surface area contributed by atoms with Crippen LogP contribution in [0, 0.1) is 0 Å². The van der Waals surface area contributed by atoms with Crippen molar-refractivity contribution in [1.82, 2.24) is 0 Å². The fraction of sp³-hybridized carbons (Fsp3) is 0.273. The number of thiophene rings is 2. The highest BCUT2D eigenvalue weighted by Gasteiger charge is 2.13. The summed E-state index contributed by atoms with van der Waals surface area (Å²) in [5.74, 6) is 0. The second-order valence-corrected chi connectivity index (χ2v) is 4.93. The van der Waals surface area contributed by atoms with Crippen LogP contribution in [-0.4, -0.2) is 0 Å². The van der Waals surface area contributed by atoms with Gasteiger partial charge in [-0.3, -0.25) is 0 Å². The third-order valence-electron chi connectivity index (χ3n) is 2.35. The Labute approximate surface area is 92.2 Å². The first-order chi connectivity index (χ1) is 6.83. The fourth-order valence-electron chi connectivity index (χ4n) is 1.52. The van der Waals surface area contributed by atoms with Crippen LogP contribution in [0.2, 0.25) is 0 Å². The van der Waals surface area contributed by atoms with Crippen LogP contribution in [0.4, 0.5) is 0 Å². The first-order valence-electron chi connectivity index (χ1n) is 4.67. The first-order valence-corrected chi connectivity index (χ1v) is 6.49.